The lowest BCUT2D eigenvalue weighted by atomic mass is 10.1. The van der Waals surface area contributed by atoms with Gasteiger partial charge < -0.3 is 9.84 Å². The number of rotatable bonds is 8. The predicted molar refractivity (Wildman–Crippen MR) is 58.2 cm³/mol. The molecule has 0 fully saturated rings. The second-order valence-corrected chi connectivity index (χ2v) is 5.10. The molecule has 0 heterocycles. The van der Waals surface area contributed by atoms with Crippen molar-refractivity contribution in [2.24, 2.45) is 5.92 Å². The van der Waals surface area contributed by atoms with E-state index in [4.69, 9.17) is 5.11 Å². The first-order valence-electron chi connectivity index (χ1n) is 4.79. The van der Waals surface area contributed by atoms with E-state index in [1.165, 1.54) is 7.11 Å². The Morgan fingerprint density at radius 3 is 2.38 bits per heavy atom. The number of carboxylic acid groups (broad SMARTS) is 1. The fourth-order valence-electron chi connectivity index (χ4n) is 0.959. The minimum absolute atomic E-state index is 0.0935. The Hall–Kier alpha value is -0.700. The largest absolute Gasteiger partial charge is 0.480 e. The van der Waals surface area contributed by atoms with Crippen molar-refractivity contribution < 1.29 is 23.1 Å². The first-order valence-corrected chi connectivity index (χ1v) is 6.27. The number of hydrogen-bond donors (Lipinski definition) is 3. The number of nitrogens with one attached hydrogen (secondary N) is 2. The number of hydrogen-bond acceptors (Lipinski definition) is 4. The molecular weight excluding hydrogens is 236 g/mol. The van der Waals surface area contributed by atoms with Crippen LogP contribution in [0.5, 0.6) is 0 Å². The molecule has 0 aliphatic carbocycles. The topological polar surface area (TPSA) is 105 Å². The van der Waals surface area contributed by atoms with E-state index in [0.29, 0.717) is 0 Å². The quantitative estimate of drug-likeness (QED) is 0.490. The molecule has 7 nitrogen and oxygen atoms in total. The summed E-state index contributed by atoms with van der Waals surface area (Å²) < 4.78 is 31.7. The summed E-state index contributed by atoms with van der Waals surface area (Å²) in [7, 11) is -2.36. The molecule has 8 heteroatoms. The van der Waals surface area contributed by atoms with Crippen LogP contribution >= 0.6 is 0 Å². The van der Waals surface area contributed by atoms with Crippen molar-refractivity contribution in [1.29, 1.82) is 0 Å². The fourth-order valence-corrected chi connectivity index (χ4v) is 2.10. The lowest BCUT2D eigenvalue weighted by Crippen LogP contribution is -2.49. The average Bonchev–Trinajstić information content (AvgIpc) is 2.13. The molecule has 0 aromatic rings. The minimum atomic E-state index is -3.80. The summed E-state index contributed by atoms with van der Waals surface area (Å²) in [6, 6.07) is -1.14. The van der Waals surface area contributed by atoms with Crippen molar-refractivity contribution in [1.82, 2.24) is 9.44 Å². The molecule has 3 N–H and O–H groups in total. The maximum atomic E-state index is 11.4. The van der Waals surface area contributed by atoms with Gasteiger partial charge in [-0.15, -0.1) is 0 Å². The number of carbonyl (C=O) groups is 1. The van der Waals surface area contributed by atoms with Crippen LogP contribution in [-0.2, 0) is 19.7 Å². The van der Waals surface area contributed by atoms with Gasteiger partial charge in [0.05, 0.1) is 6.61 Å². The zero-order valence-electron chi connectivity index (χ0n) is 9.56. The van der Waals surface area contributed by atoms with Crippen LogP contribution in [0.4, 0.5) is 0 Å². The van der Waals surface area contributed by atoms with Crippen LogP contribution in [0.1, 0.15) is 13.8 Å². The van der Waals surface area contributed by atoms with Gasteiger partial charge in [0.1, 0.15) is 6.04 Å². The van der Waals surface area contributed by atoms with Gasteiger partial charge in [-0.2, -0.15) is 17.9 Å². The first-order chi connectivity index (χ1) is 7.30. The highest BCUT2D eigenvalue weighted by Gasteiger charge is 2.26. The zero-order chi connectivity index (χ0) is 12.8. The third-order valence-corrected chi connectivity index (χ3v) is 2.96. The van der Waals surface area contributed by atoms with Gasteiger partial charge in [0, 0.05) is 13.7 Å². The molecule has 0 aliphatic heterocycles. The maximum absolute atomic E-state index is 11.4. The van der Waals surface area contributed by atoms with Crippen LogP contribution in [0.2, 0.25) is 0 Å². The van der Waals surface area contributed by atoms with Crippen LogP contribution in [0.3, 0.4) is 0 Å². The molecule has 0 aromatic heterocycles. The van der Waals surface area contributed by atoms with Crippen molar-refractivity contribution >= 4 is 16.2 Å². The van der Waals surface area contributed by atoms with Crippen LogP contribution in [-0.4, -0.2) is 45.8 Å². The molecule has 16 heavy (non-hydrogen) atoms. The van der Waals surface area contributed by atoms with Crippen LogP contribution in [0, 0.1) is 5.92 Å². The van der Waals surface area contributed by atoms with Crippen molar-refractivity contribution in [3.63, 3.8) is 0 Å². The molecule has 0 radical (unpaired) electrons. The Morgan fingerprint density at radius 2 is 2.00 bits per heavy atom. The molecule has 0 saturated heterocycles. The molecule has 1 atom stereocenters. The van der Waals surface area contributed by atoms with Crippen molar-refractivity contribution in [3.8, 4) is 0 Å². The van der Waals surface area contributed by atoms with Crippen molar-refractivity contribution in [2.75, 3.05) is 20.3 Å². The Kier molecular flexibility index (Phi) is 6.49. The van der Waals surface area contributed by atoms with E-state index in [1.54, 1.807) is 13.8 Å². The fraction of sp³-hybridized carbons (Fsp3) is 0.875. The van der Waals surface area contributed by atoms with Crippen LogP contribution in [0.25, 0.3) is 0 Å². The number of ether oxygens (including phenoxy) is 1. The summed E-state index contributed by atoms with van der Waals surface area (Å²) in [6.07, 6.45) is 0. The third kappa shape index (κ3) is 6.01. The standard InChI is InChI=1S/C8H18N2O5S/c1-6(2)7(8(11)12)10-16(13,14)9-4-5-15-3/h6-7,9-10H,4-5H2,1-3H3,(H,11,12)/t7-/m0/s1. The second-order valence-electron chi connectivity index (χ2n) is 3.57. The summed E-state index contributed by atoms with van der Waals surface area (Å²) in [5.74, 6) is -1.54. The van der Waals surface area contributed by atoms with E-state index in [-0.39, 0.29) is 19.1 Å². The highest BCUT2D eigenvalue weighted by Crippen LogP contribution is 2.02. The molecule has 0 spiro atoms. The summed E-state index contributed by atoms with van der Waals surface area (Å²) in [4.78, 5) is 10.8. The lowest BCUT2D eigenvalue weighted by molar-refractivity contribution is -0.140. The van der Waals surface area contributed by atoms with Gasteiger partial charge >= 0.3 is 5.97 Å². The Labute approximate surface area is 95.4 Å². The summed E-state index contributed by atoms with van der Waals surface area (Å²) in [5.41, 5.74) is 0. The van der Waals surface area contributed by atoms with E-state index < -0.39 is 22.2 Å². The average molecular weight is 254 g/mol. The maximum Gasteiger partial charge on any atom is 0.322 e. The van der Waals surface area contributed by atoms with Gasteiger partial charge in [-0.05, 0) is 5.92 Å². The molecule has 0 unspecified atom stereocenters. The number of carboxylic acids is 1. The summed E-state index contributed by atoms with van der Waals surface area (Å²) >= 11 is 0. The van der Waals surface area contributed by atoms with Gasteiger partial charge in [0.15, 0.2) is 0 Å². The SMILES string of the molecule is COCCNS(=O)(=O)N[C@H](C(=O)O)C(C)C. The second kappa shape index (κ2) is 6.79. The van der Waals surface area contributed by atoms with Gasteiger partial charge in [-0.1, -0.05) is 13.8 Å². The number of aliphatic carboxylic acids is 1. The van der Waals surface area contributed by atoms with Crippen molar-refractivity contribution in [2.45, 2.75) is 19.9 Å². The molecule has 0 amide bonds. The molecule has 0 bridgehead atoms. The highest BCUT2D eigenvalue weighted by atomic mass is 32.2. The van der Waals surface area contributed by atoms with Gasteiger partial charge in [-0.3, -0.25) is 4.79 Å². The Balaban J connectivity index is 4.37. The van der Waals surface area contributed by atoms with Gasteiger partial charge in [0.25, 0.3) is 10.2 Å². The van der Waals surface area contributed by atoms with Gasteiger partial charge in [-0.25, -0.2) is 0 Å². The van der Waals surface area contributed by atoms with Crippen molar-refractivity contribution in [3.05, 3.63) is 0 Å². The van der Waals surface area contributed by atoms with E-state index >= 15 is 0 Å². The van der Waals surface area contributed by atoms with E-state index in [0.717, 1.165) is 0 Å². The van der Waals surface area contributed by atoms with Crippen LogP contribution in [0.15, 0.2) is 0 Å². The number of methoxy groups -OCH3 is 1. The third-order valence-electron chi connectivity index (χ3n) is 1.81. The normalized spacial score (nSPS) is 14.0. The van der Waals surface area contributed by atoms with E-state index in [9.17, 15) is 13.2 Å². The van der Waals surface area contributed by atoms with E-state index in [2.05, 4.69) is 14.2 Å². The molecule has 96 valence electrons. The molecule has 0 rings (SSSR count). The Bertz CT molecular complexity index is 314. The monoisotopic (exact) mass is 254 g/mol. The van der Waals surface area contributed by atoms with Crippen LogP contribution < -0.4 is 9.44 Å². The molecule has 0 aliphatic rings. The van der Waals surface area contributed by atoms with E-state index in [1.807, 2.05) is 0 Å². The predicted octanol–water partition coefficient (Wildman–Crippen LogP) is -0.834. The molecule has 0 aromatic carbocycles. The van der Waals surface area contributed by atoms with Gasteiger partial charge in [0.2, 0.25) is 0 Å². The smallest absolute Gasteiger partial charge is 0.322 e. The summed E-state index contributed by atoms with van der Waals surface area (Å²) in [5, 5.41) is 8.80. The first kappa shape index (κ1) is 15.3. The lowest BCUT2D eigenvalue weighted by Gasteiger charge is -2.18. The Morgan fingerprint density at radius 1 is 1.44 bits per heavy atom. The summed E-state index contributed by atoms with van der Waals surface area (Å²) in [6.45, 7) is 3.56. The minimum Gasteiger partial charge on any atom is -0.480 e. The zero-order valence-corrected chi connectivity index (χ0v) is 10.4. The highest BCUT2D eigenvalue weighted by molar-refractivity contribution is 7.87. The molecular formula is C8H18N2O5S. The molecule has 0 saturated carbocycles.